The number of pyridine rings is 1. The van der Waals surface area contributed by atoms with Crippen LogP contribution in [0.15, 0.2) is 54.4 Å². The standard InChI is InChI=1S/C19H16N6O3/c26-16(11-3-1-4-11)15-17(27)14(28-19(15)24-25-9-22-23-10-25)7-12-8-21-18-13(12)5-2-6-20-18/h2,5-11,24H,1,3-4H2,(H,20,21)/b14-7-. The molecule has 4 heterocycles. The quantitative estimate of drug-likeness (QED) is 0.516. The van der Waals surface area contributed by atoms with Crippen LogP contribution in [0.3, 0.4) is 0 Å². The molecule has 9 heteroatoms. The molecule has 3 aromatic heterocycles. The first-order chi connectivity index (χ1) is 13.7. The van der Waals surface area contributed by atoms with Gasteiger partial charge in [0.05, 0.1) is 0 Å². The number of carbonyl (C=O) groups excluding carboxylic acids is 2. The first kappa shape index (κ1) is 16.4. The van der Waals surface area contributed by atoms with Gasteiger partial charge in [0.1, 0.15) is 23.9 Å². The number of rotatable bonds is 5. The lowest BCUT2D eigenvalue weighted by molar-refractivity contribution is -0.124. The number of carbonyl (C=O) groups is 2. The molecule has 1 aliphatic heterocycles. The summed E-state index contributed by atoms with van der Waals surface area (Å²) < 4.78 is 7.20. The van der Waals surface area contributed by atoms with Gasteiger partial charge in [-0.15, -0.1) is 10.2 Å². The highest BCUT2D eigenvalue weighted by atomic mass is 16.5. The van der Waals surface area contributed by atoms with Crippen molar-refractivity contribution in [2.45, 2.75) is 19.3 Å². The molecule has 0 atom stereocenters. The number of aromatic amines is 1. The maximum absolute atomic E-state index is 13.0. The normalized spacial score (nSPS) is 18.6. The Morgan fingerprint density at radius 2 is 2.14 bits per heavy atom. The fraction of sp³-hybridized carbons (Fsp3) is 0.211. The smallest absolute Gasteiger partial charge is 0.237 e. The van der Waals surface area contributed by atoms with E-state index in [4.69, 9.17) is 4.74 Å². The van der Waals surface area contributed by atoms with E-state index in [0.717, 1.165) is 30.2 Å². The van der Waals surface area contributed by atoms with Crippen LogP contribution in [-0.4, -0.2) is 36.4 Å². The largest absolute Gasteiger partial charge is 0.435 e. The van der Waals surface area contributed by atoms with Gasteiger partial charge in [0.25, 0.3) is 0 Å². The summed E-state index contributed by atoms with van der Waals surface area (Å²) in [4.78, 5) is 33.2. The van der Waals surface area contributed by atoms with Crippen LogP contribution in [-0.2, 0) is 14.3 Å². The number of allylic oxidation sites excluding steroid dienone is 1. The SMILES string of the molecule is O=C1C(C(=O)C2CCC2)=C(Nn2cnnc2)O/C1=C\c1c[nH]c2ncccc12. The van der Waals surface area contributed by atoms with Crippen LogP contribution >= 0.6 is 0 Å². The number of nitrogens with zero attached hydrogens (tertiary/aromatic N) is 4. The number of nitrogens with one attached hydrogen (secondary N) is 2. The van der Waals surface area contributed by atoms with Crippen molar-refractivity contribution >= 4 is 28.7 Å². The van der Waals surface area contributed by atoms with Gasteiger partial charge in [0.2, 0.25) is 11.7 Å². The minimum Gasteiger partial charge on any atom is -0.435 e. The van der Waals surface area contributed by atoms with Gasteiger partial charge in [-0.25, -0.2) is 9.66 Å². The summed E-state index contributed by atoms with van der Waals surface area (Å²) >= 11 is 0. The topological polar surface area (TPSA) is 115 Å². The molecule has 2 N–H and O–H groups in total. The number of hydrogen-bond donors (Lipinski definition) is 2. The molecular weight excluding hydrogens is 360 g/mol. The number of fused-ring (bicyclic) bond motifs is 1. The van der Waals surface area contributed by atoms with Crippen LogP contribution in [0.2, 0.25) is 0 Å². The zero-order valence-corrected chi connectivity index (χ0v) is 14.8. The van der Waals surface area contributed by atoms with Crippen molar-refractivity contribution in [1.82, 2.24) is 24.8 Å². The van der Waals surface area contributed by atoms with E-state index in [1.54, 1.807) is 18.5 Å². The molecule has 0 unspecified atom stereocenters. The average molecular weight is 376 g/mol. The van der Waals surface area contributed by atoms with Gasteiger partial charge in [0.15, 0.2) is 11.5 Å². The summed E-state index contributed by atoms with van der Waals surface area (Å²) in [6.45, 7) is 0. The molecule has 1 fully saturated rings. The Morgan fingerprint density at radius 1 is 1.32 bits per heavy atom. The fourth-order valence-electron chi connectivity index (χ4n) is 3.32. The molecule has 5 rings (SSSR count). The van der Waals surface area contributed by atoms with Gasteiger partial charge in [-0.3, -0.25) is 15.0 Å². The van der Waals surface area contributed by atoms with E-state index in [1.807, 2.05) is 12.1 Å². The molecule has 0 bridgehead atoms. The number of H-pyrrole nitrogens is 1. The number of aromatic nitrogens is 5. The van der Waals surface area contributed by atoms with Gasteiger partial charge >= 0.3 is 0 Å². The Hall–Kier alpha value is -3.75. The Kier molecular flexibility index (Phi) is 3.78. The van der Waals surface area contributed by atoms with Gasteiger partial charge in [0, 0.05) is 29.3 Å². The Balaban J connectivity index is 1.52. The highest BCUT2D eigenvalue weighted by molar-refractivity contribution is 6.29. The molecule has 28 heavy (non-hydrogen) atoms. The van der Waals surface area contributed by atoms with Crippen LogP contribution in [0.4, 0.5) is 0 Å². The number of Topliss-reactive ketones (excluding diaryl/α,β-unsaturated/α-hetero) is 2. The second-order valence-corrected chi connectivity index (χ2v) is 6.76. The van der Waals surface area contributed by atoms with E-state index in [9.17, 15) is 9.59 Å². The van der Waals surface area contributed by atoms with Gasteiger partial charge in [-0.1, -0.05) is 6.42 Å². The monoisotopic (exact) mass is 376 g/mol. The predicted molar refractivity (Wildman–Crippen MR) is 98.9 cm³/mol. The van der Waals surface area contributed by atoms with E-state index < -0.39 is 5.78 Å². The lowest BCUT2D eigenvalue weighted by Crippen LogP contribution is -2.27. The van der Waals surface area contributed by atoms with Gasteiger partial charge < -0.3 is 9.72 Å². The second-order valence-electron chi connectivity index (χ2n) is 6.76. The lowest BCUT2D eigenvalue weighted by atomic mass is 9.79. The number of ether oxygens (including phenoxy) is 1. The molecule has 1 aliphatic carbocycles. The molecule has 0 amide bonds. The second kappa shape index (κ2) is 6.45. The van der Waals surface area contributed by atoms with E-state index in [0.29, 0.717) is 5.65 Å². The van der Waals surface area contributed by atoms with Crippen molar-refractivity contribution in [2.24, 2.45) is 5.92 Å². The molecule has 9 nitrogen and oxygen atoms in total. The summed E-state index contributed by atoms with van der Waals surface area (Å²) in [6, 6.07) is 3.72. The minimum absolute atomic E-state index is 0.0441. The van der Waals surface area contributed by atoms with Crippen LogP contribution in [0.1, 0.15) is 24.8 Å². The third-order valence-corrected chi connectivity index (χ3v) is 5.03. The Bertz CT molecular complexity index is 1140. The summed E-state index contributed by atoms with van der Waals surface area (Å²) in [6.07, 6.45) is 10.5. The Labute approximate surface area is 159 Å². The average Bonchev–Trinajstić information content (AvgIpc) is 3.35. The van der Waals surface area contributed by atoms with Crippen LogP contribution in [0.5, 0.6) is 0 Å². The summed E-state index contributed by atoms with van der Waals surface area (Å²) in [5.74, 6) is -0.549. The van der Waals surface area contributed by atoms with Crippen LogP contribution < -0.4 is 5.43 Å². The van der Waals surface area contributed by atoms with Crippen molar-refractivity contribution in [3.05, 3.63) is 60.0 Å². The zero-order valence-electron chi connectivity index (χ0n) is 14.8. The Morgan fingerprint density at radius 3 is 2.89 bits per heavy atom. The van der Waals surface area contributed by atoms with E-state index >= 15 is 0 Å². The molecule has 140 valence electrons. The minimum atomic E-state index is -0.425. The first-order valence-corrected chi connectivity index (χ1v) is 8.97. The molecule has 2 aliphatic rings. The summed E-state index contributed by atoms with van der Waals surface area (Å²) in [5, 5.41) is 8.27. The molecule has 1 saturated carbocycles. The van der Waals surface area contributed by atoms with Gasteiger partial charge in [-0.05, 0) is 31.1 Å². The third kappa shape index (κ3) is 2.68. The number of hydrogen-bond acceptors (Lipinski definition) is 7. The summed E-state index contributed by atoms with van der Waals surface area (Å²) in [5.41, 5.74) is 4.39. The van der Waals surface area contributed by atoms with Crippen molar-refractivity contribution in [3.8, 4) is 0 Å². The molecule has 0 spiro atoms. The molecule has 3 aromatic rings. The first-order valence-electron chi connectivity index (χ1n) is 8.97. The molecule has 0 saturated heterocycles. The highest BCUT2D eigenvalue weighted by Gasteiger charge is 2.40. The van der Waals surface area contributed by atoms with Crippen LogP contribution in [0.25, 0.3) is 17.1 Å². The lowest BCUT2D eigenvalue weighted by Gasteiger charge is -2.23. The summed E-state index contributed by atoms with van der Waals surface area (Å²) in [7, 11) is 0. The molecular formula is C19H16N6O3. The predicted octanol–water partition coefficient (Wildman–Crippen LogP) is 1.92. The molecule has 0 radical (unpaired) electrons. The zero-order chi connectivity index (χ0) is 19.1. The molecule has 0 aromatic carbocycles. The maximum atomic E-state index is 13.0. The van der Waals surface area contributed by atoms with Gasteiger partial charge in [-0.2, -0.15) is 0 Å². The number of ketones is 2. The van der Waals surface area contributed by atoms with Crippen molar-refractivity contribution in [1.29, 1.82) is 0 Å². The maximum Gasteiger partial charge on any atom is 0.237 e. The van der Waals surface area contributed by atoms with E-state index in [-0.39, 0.29) is 28.9 Å². The highest BCUT2D eigenvalue weighted by Crippen LogP contribution is 2.35. The van der Waals surface area contributed by atoms with Crippen molar-refractivity contribution in [2.75, 3.05) is 5.43 Å². The van der Waals surface area contributed by atoms with E-state index in [2.05, 4.69) is 25.6 Å². The van der Waals surface area contributed by atoms with Crippen molar-refractivity contribution < 1.29 is 14.3 Å². The van der Waals surface area contributed by atoms with Crippen LogP contribution in [0, 0.1) is 5.92 Å². The third-order valence-electron chi connectivity index (χ3n) is 5.03. The van der Waals surface area contributed by atoms with Crippen molar-refractivity contribution in [3.63, 3.8) is 0 Å². The van der Waals surface area contributed by atoms with E-state index in [1.165, 1.54) is 17.3 Å². The fourth-order valence-corrected chi connectivity index (χ4v) is 3.32.